The Bertz CT molecular complexity index is 960. The van der Waals surface area contributed by atoms with Gasteiger partial charge in [0.15, 0.2) is 0 Å². The van der Waals surface area contributed by atoms with E-state index in [9.17, 15) is 17.6 Å². The molecule has 162 valence electrons. The van der Waals surface area contributed by atoms with Crippen molar-refractivity contribution in [3.63, 3.8) is 0 Å². The van der Waals surface area contributed by atoms with Crippen molar-refractivity contribution in [2.75, 3.05) is 20.3 Å². The Morgan fingerprint density at radius 2 is 1.67 bits per heavy atom. The van der Waals surface area contributed by atoms with Crippen molar-refractivity contribution in [1.82, 2.24) is 9.79 Å². The second kappa shape index (κ2) is 9.52. The highest BCUT2D eigenvalue weighted by Gasteiger charge is 2.39. The number of hydrogen-bond acceptors (Lipinski definition) is 6. The van der Waals surface area contributed by atoms with E-state index in [1.54, 1.807) is 5.48 Å². The molecule has 1 unspecified atom stereocenters. The average molecular weight is 438 g/mol. The van der Waals surface area contributed by atoms with Gasteiger partial charge in [0.05, 0.1) is 4.90 Å². The van der Waals surface area contributed by atoms with Crippen LogP contribution in [0.4, 0.5) is 4.39 Å². The number of hydroxylamine groups is 1. The standard InChI is InChI=1S/C20H23FN2O6S/c1-23(19(20(24)22-25)14-10-12-28-13-11-14)30(26,27)18-8-6-17(7-9-18)29-16-4-2-15(21)3-5-16/h2-9,14,19,25H,10-13H2,1H3,(H,22,24). The van der Waals surface area contributed by atoms with Gasteiger partial charge in [-0.1, -0.05) is 0 Å². The smallest absolute Gasteiger partial charge is 0.262 e. The number of ether oxygens (including phenoxy) is 2. The number of amides is 1. The molecule has 8 nitrogen and oxygen atoms in total. The fourth-order valence-corrected chi connectivity index (χ4v) is 4.79. The SMILES string of the molecule is CN(C(C(=O)NO)C1CCOCC1)S(=O)(=O)c1ccc(Oc2ccc(F)cc2)cc1. The number of carbonyl (C=O) groups is 1. The lowest BCUT2D eigenvalue weighted by atomic mass is 9.91. The number of nitrogens with zero attached hydrogens (tertiary/aromatic N) is 1. The summed E-state index contributed by atoms with van der Waals surface area (Å²) in [6.45, 7) is 0.840. The molecular weight excluding hydrogens is 415 g/mol. The van der Waals surface area contributed by atoms with Crippen LogP contribution in [-0.2, 0) is 19.6 Å². The van der Waals surface area contributed by atoms with Crippen LogP contribution in [0.25, 0.3) is 0 Å². The first-order chi connectivity index (χ1) is 14.3. The Hall–Kier alpha value is -2.53. The molecule has 0 saturated carbocycles. The van der Waals surface area contributed by atoms with Crippen molar-refractivity contribution in [2.45, 2.75) is 23.8 Å². The van der Waals surface area contributed by atoms with Gasteiger partial charge in [-0.05, 0) is 67.3 Å². The lowest BCUT2D eigenvalue weighted by Gasteiger charge is -2.34. The number of sulfonamides is 1. The van der Waals surface area contributed by atoms with E-state index in [1.807, 2.05) is 0 Å². The molecule has 1 aliphatic heterocycles. The molecule has 2 aromatic carbocycles. The maximum atomic E-state index is 13.1. The Kier molecular flexibility index (Phi) is 7.03. The van der Waals surface area contributed by atoms with Crippen molar-refractivity contribution < 1.29 is 32.3 Å². The third-order valence-corrected chi connectivity index (χ3v) is 6.89. The summed E-state index contributed by atoms with van der Waals surface area (Å²) in [6.07, 6.45) is 1.00. The summed E-state index contributed by atoms with van der Waals surface area (Å²) in [5.41, 5.74) is 1.57. The van der Waals surface area contributed by atoms with Crippen LogP contribution >= 0.6 is 0 Å². The predicted molar refractivity (Wildman–Crippen MR) is 105 cm³/mol. The fraction of sp³-hybridized carbons (Fsp3) is 0.350. The van der Waals surface area contributed by atoms with Gasteiger partial charge in [0, 0.05) is 20.3 Å². The third-order valence-electron chi connectivity index (χ3n) is 5.03. The number of rotatable bonds is 7. The van der Waals surface area contributed by atoms with Crippen LogP contribution in [0.5, 0.6) is 11.5 Å². The van der Waals surface area contributed by atoms with E-state index in [1.165, 1.54) is 55.6 Å². The van der Waals surface area contributed by atoms with E-state index in [0.29, 0.717) is 37.6 Å². The molecule has 10 heteroatoms. The monoisotopic (exact) mass is 438 g/mol. The van der Waals surface area contributed by atoms with Crippen LogP contribution in [0.1, 0.15) is 12.8 Å². The van der Waals surface area contributed by atoms with Crippen LogP contribution in [0, 0.1) is 11.7 Å². The Morgan fingerprint density at radius 3 is 2.20 bits per heavy atom. The van der Waals surface area contributed by atoms with Crippen LogP contribution in [0.3, 0.4) is 0 Å². The van der Waals surface area contributed by atoms with Crippen molar-refractivity contribution in [1.29, 1.82) is 0 Å². The topological polar surface area (TPSA) is 105 Å². The van der Waals surface area contributed by atoms with Crippen LogP contribution in [0.15, 0.2) is 53.4 Å². The highest BCUT2D eigenvalue weighted by Crippen LogP contribution is 2.28. The van der Waals surface area contributed by atoms with E-state index in [0.717, 1.165) is 4.31 Å². The molecule has 2 N–H and O–H groups in total. The minimum Gasteiger partial charge on any atom is -0.457 e. The average Bonchev–Trinajstić information content (AvgIpc) is 2.76. The zero-order valence-electron chi connectivity index (χ0n) is 16.3. The summed E-state index contributed by atoms with van der Waals surface area (Å²) >= 11 is 0. The molecule has 2 aromatic rings. The molecule has 1 heterocycles. The maximum Gasteiger partial charge on any atom is 0.262 e. The number of nitrogens with one attached hydrogen (secondary N) is 1. The lowest BCUT2D eigenvalue weighted by Crippen LogP contribution is -2.52. The van der Waals surface area contributed by atoms with Crippen LogP contribution < -0.4 is 10.2 Å². The number of carbonyl (C=O) groups excluding carboxylic acids is 1. The summed E-state index contributed by atoms with van der Waals surface area (Å²) in [5, 5.41) is 9.12. The number of halogens is 1. The third kappa shape index (κ3) is 4.96. The number of hydrogen-bond donors (Lipinski definition) is 2. The first-order valence-corrected chi connectivity index (χ1v) is 10.8. The van der Waals surface area contributed by atoms with E-state index in [4.69, 9.17) is 14.7 Å². The number of likely N-dealkylation sites (N-methyl/N-ethyl adjacent to an activating group) is 1. The van der Waals surface area contributed by atoms with E-state index in [2.05, 4.69) is 0 Å². The molecule has 0 spiro atoms. The second-order valence-corrected chi connectivity index (χ2v) is 8.92. The van der Waals surface area contributed by atoms with E-state index >= 15 is 0 Å². The molecule has 1 amide bonds. The zero-order valence-corrected chi connectivity index (χ0v) is 17.1. The minimum absolute atomic E-state index is 0.0285. The molecule has 0 aliphatic carbocycles. The summed E-state index contributed by atoms with van der Waals surface area (Å²) in [6, 6.07) is 10.0. The van der Waals surface area contributed by atoms with Crippen LogP contribution in [0.2, 0.25) is 0 Å². The van der Waals surface area contributed by atoms with Gasteiger partial charge in [0.1, 0.15) is 23.4 Å². The second-order valence-electron chi connectivity index (χ2n) is 6.92. The molecule has 3 rings (SSSR count). The maximum absolute atomic E-state index is 13.1. The molecule has 0 bridgehead atoms. The van der Waals surface area contributed by atoms with Gasteiger partial charge in [0.25, 0.3) is 5.91 Å². The first kappa shape index (κ1) is 22.2. The summed E-state index contributed by atoms with van der Waals surface area (Å²) in [4.78, 5) is 12.2. The zero-order chi connectivity index (χ0) is 21.7. The summed E-state index contributed by atoms with van der Waals surface area (Å²) in [7, 11) is -2.71. The van der Waals surface area contributed by atoms with Crippen molar-refractivity contribution >= 4 is 15.9 Å². The van der Waals surface area contributed by atoms with Gasteiger partial charge >= 0.3 is 0 Å². The van der Waals surface area contributed by atoms with Crippen molar-refractivity contribution in [3.05, 3.63) is 54.3 Å². The van der Waals surface area contributed by atoms with Gasteiger partial charge in [-0.25, -0.2) is 18.3 Å². The fourth-order valence-electron chi connectivity index (χ4n) is 3.41. The molecule has 1 fully saturated rings. The number of benzene rings is 2. The molecule has 0 aromatic heterocycles. The summed E-state index contributed by atoms with van der Waals surface area (Å²) < 4.78 is 51.0. The largest absolute Gasteiger partial charge is 0.457 e. The molecule has 30 heavy (non-hydrogen) atoms. The molecule has 0 radical (unpaired) electrons. The van der Waals surface area contributed by atoms with Gasteiger partial charge < -0.3 is 9.47 Å². The molecule has 1 aliphatic rings. The Labute approximate surface area is 174 Å². The lowest BCUT2D eigenvalue weighted by molar-refractivity contribution is -0.135. The van der Waals surface area contributed by atoms with Gasteiger partial charge in [0.2, 0.25) is 10.0 Å². The van der Waals surface area contributed by atoms with E-state index in [-0.39, 0.29) is 10.8 Å². The van der Waals surface area contributed by atoms with Gasteiger partial charge in [-0.2, -0.15) is 4.31 Å². The Balaban J connectivity index is 1.80. The van der Waals surface area contributed by atoms with Gasteiger partial charge in [-0.15, -0.1) is 0 Å². The van der Waals surface area contributed by atoms with Gasteiger partial charge in [-0.3, -0.25) is 10.0 Å². The molecular formula is C20H23FN2O6S. The molecule has 1 atom stereocenters. The van der Waals surface area contributed by atoms with Crippen molar-refractivity contribution in [2.24, 2.45) is 5.92 Å². The highest BCUT2D eigenvalue weighted by molar-refractivity contribution is 7.89. The van der Waals surface area contributed by atoms with Crippen molar-refractivity contribution in [3.8, 4) is 11.5 Å². The van der Waals surface area contributed by atoms with E-state index < -0.39 is 27.8 Å². The predicted octanol–water partition coefficient (Wildman–Crippen LogP) is 2.54. The molecule has 1 saturated heterocycles. The minimum atomic E-state index is -4.02. The normalized spacial score (nSPS) is 16.3. The highest BCUT2D eigenvalue weighted by atomic mass is 32.2. The Morgan fingerprint density at radius 1 is 1.13 bits per heavy atom. The summed E-state index contributed by atoms with van der Waals surface area (Å²) in [5.74, 6) is -0.686. The quantitative estimate of drug-likeness (QED) is 0.509. The first-order valence-electron chi connectivity index (χ1n) is 9.36. The van der Waals surface area contributed by atoms with Crippen LogP contribution in [-0.4, -0.2) is 50.1 Å².